The fourth-order valence-electron chi connectivity index (χ4n) is 2.13. The molecule has 5 nitrogen and oxygen atoms in total. The Bertz CT molecular complexity index is 612. The van der Waals surface area contributed by atoms with Crippen LogP contribution in [0.5, 0.6) is 5.75 Å². The van der Waals surface area contributed by atoms with Crippen LogP contribution in [0.25, 0.3) is 11.4 Å². The van der Waals surface area contributed by atoms with E-state index in [0.717, 1.165) is 22.4 Å². The number of nitrogens with two attached hydrogens (primary N) is 1. The summed E-state index contributed by atoms with van der Waals surface area (Å²) in [6.07, 6.45) is 0. The van der Waals surface area contributed by atoms with Crippen molar-refractivity contribution in [1.29, 1.82) is 0 Å². The monoisotopic (exact) mass is 275 g/mol. The first kappa shape index (κ1) is 14.5. The van der Waals surface area contributed by atoms with Gasteiger partial charge in [-0.15, -0.1) is 0 Å². The molecule has 0 aliphatic carbocycles. The van der Waals surface area contributed by atoms with Crippen LogP contribution in [0.3, 0.4) is 0 Å². The quantitative estimate of drug-likeness (QED) is 0.932. The minimum absolute atomic E-state index is 0.00824. The van der Waals surface area contributed by atoms with Crippen molar-refractivity contribution in [3.05, 3.63) is 29.2 Å². The predicted octanol–water partition coefficient (Wildman–Crippen LogP) is 2.81. The SMILES string of the molecule is COc1cc(-c2noc(CN)n2)c(C)cc1C(C)(C)C. The van der Waals surface area contributed by atoms with Crippen LogP contribution < -0.4 is 10.5 Å². The second kappa shape index (κ2) is 5.25. The Morgan fingerprint density at radius 2 is 2.00 bits per heavy atom. The fourth-order valence-corrected chi connectivity index (χ4v) is 2.13. The van der Waals surface area contributed by atoms with Crippen LogP contribution in [0.4, 0.5) is 0 Å². The molecule has 0 aliphatic rings. The van der Waals surface area contributed by atoms with Crippen molar-refractivity contribution in [1.82, 2.24) is 10.1 Å². The Morgan fingerprint density at radius 1 is 1.30 bits per heavy atom. The molecule has 1 aromatic carbocycles. The fraction of sp³-hybridized carbons (Fsp3) is 0.467. The van der Waals surface area contributed by atoms with E-state index < -0.39 is 0 Å². The van der Waals surface area contributed by atoms with Crippen LogP contribution in [0, 0.1) is 6.92 Å². The standard InChI is InChI=1S/C15H21N3O2/c1-9-6-11(15(2,3)4)12(19-5)7-10(9)14-17-13(8-16)20-18-14/h6-7H,8,16H2,1-5H3. The molecule has 0 fully saturated rings. The zero-order valence-corrected chi connectivity index (χ0v) is 12.7. The van der Waals surface area contributed by atoms with E-state index in [9.17, 15) is 0 Å². The van der Waals surface area contributed by atoms with Gasteiger partial charge in [-0.3, -0.25) is 0 Å². The molecule has 1 aromatic heterocycles. The number of benzene rings is 1. The van der Waals surface area contributed by atoms with E-state index in [1.54, 1.807) is 7.11 Å². The van der Waals surface area contributed by atoms with Gasteiger partial charge in [0.25, 0.3) is 0 Å². The van der Waals surface area contributed by atoms with Crippen molar-refractivity contribution in [3.8, 4) is 17.1 Å². The van der Waals surface area contributed by atoms with Gasteiger partial charge in [0, 0.05) is 5.56 Å². The lowest BCUT2D eigenvalue weighted by molar-refractivity contribution is 0.380. The number of hydrogen-bond donors (Lipinski definition) is 1. The van der Waals surface area contributed by atoms with E-state index in [2.05, 4.69) is 37.0 Å². The van der Waals surface area contributed by atoms with Crippen molar-refractivity contribution < 1.29 is 9.26 Å². The van der Waals surface area contributed by atoms with Gasteiger partial charge in [0.05, 0.1) is 13.7 Å². The van der Waals surface area contributed by atoms with Crippen LogP contribution in [-0.2, 0) is 12.0 Å². The molecule has 0 spiro atoms. The molecule has 2 N–H and O–H groups in total. The molecule has 108 valence electrons. The highest BCUT2D eigenvalue weighted by Gasteiger charge is 2.22. The van der Waals surface area contributed by atoms with Gasteiger partial charge in [-0.1, -0.05) is 32.0 Å². The van der Waals surface area contributed by atoms with Crippen LogP contribution >= 0.6 is 0 Å². The van der Waals surface area contributed by atoms with Crippen LogP contribution in [0.1, 0.15) is 37.8 Å². The number of nitrogens with zero attached hydrogens (tertiary/aromatic N) is 2. The van der Waals surface area contributed by atoms with Crippen LogP contribution in [0.2, 0.25) is 0 Å². The minimum atomic E-state index is 0.00824. The summed E-state index contributed by atoms with van der Waals surface area (Å²) in [5, 5.41) is 3.96. The molecule has 2 aromatic rings. The maximum atomic E-state index is 5.51. The van der Waals surface area contributed by atoms with Crippen molar-refractivity contribution in [3.63, 3.8) is 0 Å². The average molecular weight is 275 g/mol. The molecule has 5 heteroatoms. The third-order valence-corrected chi connectivity index (χ3v) is 3.24. The van der Waals surface area contributed by atoms with E-state index in [1.807, 2.05) is 13.0 Å². The first-order chi connectivity index (χ1) is 9.36. The molecule has 0 atom stereocenters. The zero-order valence-electron chi connectivity index (χ0n) is 12.7. The molecule has 1 heterocycles. The summed E-state index contributed by atoms with van der Waals surface area (Å²) in [6, 6.07) is 4.08. The van der Waals surface area contributed by atoms with E-state index in [1.165, 1.54) is 0 Å². The summed E-state index contributed by atoms with van der Waals surface area (Å²) >= 11 is 0. The smallest absolute Gasteiger partial charge is 0.240 e. The maximum Gasteiger partial charge on any atom is 0.240 e. The third kappa shape index (κ3) is 2.67. The third-order valence-electron chi connectivity index (χ3n) is 3.24. The summed E-state index contributed by atoms with van der Waals surface area (Å²) in [7, 11) is 1.67. The molecule has 0 radical (unpaired) electrons. The number of aromatic nitrogens is 2. The molecule has 0 saturated heterocycles. The van der Waals surface area contributed by atoms with E-state index in [-0.39, 0.29) is 12.0 Å². The van der Waals surface area contributed by atoms with E-state index >= 15 is 0 Å². The highest BCUT2D eigenvalue weighted by atomic mass is 16.5. The summed E-state index contributed by atoms with van der Waals surface area (Å²) in [5.41, 5.74) is 8.64. The van der Waals surface area contributed by atoms with Crippen molar-refractivity contribution in [2.24, 2.45) is 5.73 Å². The molecule has 0 unspecified atom stereocenters. The highest BCUT2D eigenvalue weighted by Crippen LogP contribution is 2.36. The van der Waals surface area contributed by atoms with Crippen LogP contribution in [0.15, 0.2) is 16.7 Å². The van der Waals surface area contributed by atoms with Gasteiger partial charge in [0.2, 0.25) is 11.7 Å². The lowest BCUT2D eigenvalue weighted by Crippen LogP contribution is -2.13. The van der Waals surface area contributed by atoms with E-state index in [4.69, 9.17) is 15.0 Å². The molecular formula is C15H21N3O2. The first-order valence-electron chi connectivity index (χ1n) is 6.59. The maximum absolute atomic E-state index is 5.51. The molecular weight excluding hydrogens is 254 g/mol. The average Bonchev–Trinajstić information content (AvgIpc) is 2.86. The van der Waals surface area contributed by atoms with E-state index in [0.29, 0.717) is 11.7 Å². The molecule has 0 bridgehead atoms. The Labute approximate surface area is 119 Å². The lowest BCUT2D eigenvalue weighted by Gasteiger charge is -2.23. The Hall–Kier alpha value is -1.88. The van der Waals surface area contributed by atoms with Gasteiger partial charge in [-0.2, -0.15) is 4.98 Å². The summed E-state index contributed by atoms with van der Waals surface area (Å²) < 4.78 is 10.6. The number of methoxy groups -OCH3 is 1. The van der Waals surface area contributed by atoms with Crippen molar-refractivity contribution in [2.45, 2.75) is 39.7 Å². The van der Waals surface area contributed by atoms with Crippen LogP contribution in [-0.4, -0.2) is 17.3 Å². The zero-order chi connectivity index (χ0) is 14.9. The normalized spacial score (nSPS) is 11.7. The van der Waals surface area contributed by atoms with Crippen molar-refractivity contribution in [2.75, 3.05) is 7.11 Å². The Kier molecular flexibility index (Phi) is 3.81. The van der Waals surface area contributed by atoms with Gasteiger partial charge >= 0.3 is 0 Å². The Morgan fingerprint density at radius 3 is 2.50 bits per heavy atom. The molecule has 0 amide bonds. The minimum Gasteiger partial charge on any atom is -0.496 e. The number of ether oxygens (including phenoxy) is 1. The van der Waals surface area contributed by atoms with Gasteiger partial charge in [0.1, 0.15) is 5.75 Å². The number of aryl methyl sites for hydroxylation is 1. The Balaban J connectivity index is 2.56. The summed E-state index contributed by atoms with van der Waals surface area (Å²) in [5.74, 6) is 1.80. The molecule has 20 heavy (non-hydrogen) atoms. The second-order valence-corrected chi connectivity index (χ2v) is 5.83. The van der Waals surface area contributed by atoms with Gasteiger partial charge in [-0.05, 0) is 29.5 Å². The summed E-state index contributed by atoms with van der Waals surface area (Å²) in [6.45, 7) is 8.74. The predicted molar refractivity (Wildman–Crippen MR) is 77.6 cm³/mol. The number of hydrogen-bond acceptors (Lipinski definition) is 5. The van der Waals surface area contributed by atoms with Gasteiger partial charge < -0.3 is 15.0 Å². The van der Waals surface area contributed by atoms with Gasteiger partial charge in [-0.25, -0.2) is 0 Å². The molecule has 2 rings (SSSR count). The second-order valence-electron chi connectivity index (χ2n) is 5.83. The molecule has 0 aliphatic heterocycles. The van der Waals surface area contributed by atoms with Crippen molar-refractivity contribution >= 4 is 0 Å². The lowest BCUT2D eigenvalue weighted by atomic mass is 9.84. The number of rotatable bonds is 3. The largest absolute Gasteiger partial charge is 0.496 e. The highest BCUT2D eigenvalue weighted by molar-refractivity contribution is 5.64. The summed E-state index contributed by atoms with van der Waals surface area (Å²) in [4.78, 5) is 4.27. The molecule has 0 saturated carbocycles. The topological polar surface area (TPSA) is 74.2 Å². The first-order valence-corrected chi connectivity index (χ1v) is 6.59. The van der Waals surface area contributed by atoms with Gasteiger partial charge in [0.15, 0.2) is 0 Å².